The number of hydrogen-bond acceptors (Lipinski definition) is 4. The van der Waals surface area contributed by atoms with Crippen LogP contribution in [0.1, 0.15) is 5.82 Å². The third kappa shape index (κ3) is 1.99. The second kappa shape index (κ2) is 4.09. The molecule has 1 aromatic heterocycles. The van der Waals surface area contributed by atoms with E-state index in [1.807, 2.05) is 25.1 Å². The van der Waals surface area contributed by atoms with E-state index in [-0.39, 0.29) is 0 Å². The number of rotatable bonds is 1. The SMILES string of the molecule is Cc1ncc(N)c(-c2cc(Br)ccc2N)n1. The lowest BCUT2D eigenvalue weighted by Gasteiger charge is -2.08. The highest BCUT2D eigenvalue weighted by molar-refractivity contribution is 9.10. The van der Waals surface area contributed by atoms with E-state index < -0.39 is 0 Å². The van der Waals surface area contributed by atoms with Gasteiger partial charge >= 0.3 is 0 Å². The molecular formula is C11H11BrN4. The van der Waals surface area contributed by atoms with Crippen molar-refractivity contribution in [2.24, 2.45) is 0 Å². The largest absolute Gasteiger partial charge is 0.398 e. The minimum Gasteiger partial charge on any atom is -0.398 e. The van der Waals surface area contributed by atoms with Crippen molar-refractivity contribution >= 4 is 27.3 Å². The molecule has 1 heterocycles. The van der Waals surface area contributed by atoms with Gasteiger partial charge in [-0.05, 0) is 25.1 Å². The van der Waals surface area contributed by atoms with Crippen LogP contribution in [-0.4, -0.2) is 9.97 Å². The second-order valence-corrected chi connectivity index (χ2v) is 4.37. The normalized spacial score (nSPS) is 10.4. The first-order valence-electron chi connectivity index (χ1n) is 4.72. The molecule has 0 saturated heterocycles. The van der Waals surface area contributed by atoms with E-state index >= 15 is 0 Å². The quantitative estimate of drug-likeness (QED) is 0.785. The van der Waals surface area contributed by atoms with Crippen LogP contribution in [0.2, 0.25) is 0 Å². The number of hydrogen-bond donors (Lipinski definition) is 2. The Hall–Kier alpha value is -1.62. The summed E-state index contributed by atoms with van der Waals surface area (Å²) in [6.45, 7) is 1.82. The van der Waals surface area contributed by atoms with Crippen molar-refractivity contribution in [2.45, 2.75) is 6.92 Å². The predicted molar refractivity (Wildman–Crippen MR) is 68.7 cm³/mol. The van der Waals surface area contributed by atoms with Gasteiger partial charge in [0.2, 0.25) is 0 Å². The number of aromatic nitrogens is 2. The van der Waals surface area contributed by atoms with Crippen molar-refractivity contribution in [3.05, 3.63) is 34.7 Å². The molecule has 0 aliphatic rings. The Kier molecular flexibility index (Phi) is 2.78. The Morgan fingerprint density at radius 1 is 1.19 bits per heavy atom. The molecule has 2 rings (SSSR count). The van der Waals surface area contributed by atoms with Crippen LogP contribution >= 0.6 is 15.9 Å². The molecule has 0 saturated carbocycles. The molecule has 82 valence electrons. The highest BCUT2D eigenvalue weighted by Gasteiger charge is 2.09. The molecule has 4 N–H and O–H groups in total. The van der Waals surface area contributed by atoms with Crippen molar-refractivity contribution in [1.29, 1.82) is 0 Å². The summed E-state index contributed by atoms with van der Waals surface area (Å²) >= 11 is 3.40. The van der Waals surface area contributed by atoms with Gasteiger partial charge in [0.15, 0.2) is 0 Å². The van der Waals surface area contributed by atoms with Gasteiger partial charge in [0.05, 0.1) is 17.6 Å². The van der Waals surface area contributed by atoms with E-state index in [2.05, 4.69) is 25.9 Å². The lowest BCUT2D eigenvalue weighted by atomic mass is 10.1. The average Bonchev–Trinajstić information content (AvgIpc) is 2.25. The van der Waals surface area contributed by atoms with Crippen LogP contribution < -0.4 is 11.5 Å². The van der Waals surface area contributed by atoms with Gasteiger partial charge < -0.3 is 11.5 Å². The van der Waals surface area contributed by atoms with Gasteiger partial charge in [-0.3, -0.25) is 0 Å². The Morgan fingerprint density at radius 3 is 2.69 bits per heavy atom. The second-order valence-electron chi connectivity index (χ2n) is 3.45. The summed E-state index contributed by atoms with van der Waals surface area (Å²) in [7, 11) is 0. The molecule has 0 bridgehead atoms. The molecule has 0 aliphatic carbocycles. The molecular weight excluding hydrogens is 268 g/mol. The third-order valence-electron chi connectivity index (χ3n) is 2.21. The van der Waals surface area contributed by atoms with Gasteiger partial charge in [0, 0.05) is 15.7 Å². The predicted octanol–water partition coefficient (Wildman–Crippen LogP) is 2.38. The minimum atomic E-state index is 0.524. The fourth-order valence-electron chi connectivity index (χ4n) is 1.43. The zero-order valence-electron chi connectivity index (χ0n) is 8.74. The fourth-order valence-corrected chi connectivity index (χ4v) is 1.79. The first-order valence-corrected chi connectivity index (χ1v) is 5.52. The number of anilines is 2. The van der Waals surface area contributed by atoms with Gasteiger partial charge in [-0.15, -0.1) is 0 Å². The molecule has 4 nitrogen and oxygen atoms in total. The molecule has 0 atom stereocenters. The van der Waals surface area contributed by atoms with E-state index in [4.69, 9.17) is 11.5 Å². The van der Waals surface area contributed by atoms with E-state index in [0.29, 0.717) is 22.9 Å². The minimum absolute atomic E-state index is 0.524. The van der Waals surface area contributed by atoms with E-state index in [1.165, 1.54) is 0 Å². The summed E-state index contributed by atoms with van der Waals surface area (Å²) in [5.41, 5.74) is 14.4. The lowest BCUT2D eigenvalue weighted by molar-refractivity contribution is 1.06. The monoisotopic (exact) mass is 278 g/mol. The van der Waals surface area contributed by atoms with Crippen molar-refractivity contribution < 1.29 is 0 Å². The zero-order chi connectivity index (χ0) is 11.7. The van der Waals surface area contributed by atoms with Gasteiger partial charge in [0.25, 0.3) is 0 Å². The number of aryl methyl sites for hydroxylation is 1. The number of halogens is 1. The molecule has 0 spiro atoms. The van der Waals surface area contributed by atoms with Crippen LogP contribution in [0.4, 0.5) is 11.4 Å². The van der Waals surface area contributed by atoms with E-state index in [9.17, 15) is 0 Å². The van der Waals surface area contributed by atoms with Gasteiger partial charge in [-0.2, -0.15) is 0 Å². The van der Waals surface area contributed by atoms with Crippen LogP contribution in [0, 0.1) is 6.92 Å². The summed E-state index contributed by atoms with van der Waals surface area (Å²) < 4.78 is 0.937. The summed E-state index contributed by atoms with van der Waals surface area (Å²) in [5, 5.41) is 0. The van der Waals surface area contributed by atoms with Gasteiger partial charge in [0.1, 0.15) is 5.82 Å². The van der Waals surface area contributed by atoms with Crippen LogP contribution in [-0.2, 0) is 0 Å². The highest BCUT2D eigenvalue weighted by atomic mass is 79.9. The van der Waals surface area contributed by atoms with Crippen molar-refractivity contribution in [3.63, 3.8) is 0 Å². The van der Waals surface area contributed by atoms with Crippen LogP contribution in [0.25, 0.3) is 11.3 Å². The Balaban J connectivity index is 2.66. The number of nitrogens with zero attached hydrogens (tertiary/aromatic N) is 2. The van der Waals surface area contributed by atoms with Crippen LogP contribution in [0.15, 0.2) is 28.9 Å². The summed E-state index contributed by atoms with van der Waals surface area (Å²) in [6.07, 6.45) is 1.60. The van der Waals surface area contributed by atoms with Crippen molar-refractivity contribution in [3.8, 4) is 11.3 Å². The van der Waals surface area contributed by atoms with E-state index in [0.717, 1.165) is 10.0 Å². The first-order chi connectivity index (χ1) is 7.58. The number of benzene rings is 1. The van der Waals surface area contributed by atoms with Crippen molar-refractivity contribution in [1.82, 2.24) is 9.97 Å². The Bertz CT molecular complexity index is 490. The molecule has 0 fully saturated rings. The topological polar surface area (TPSA) is 77.8 Å². The maximum absolute atomic E-state index is 5.90. The first kappa shape index (κ1) is 10.9. The maximum Gasteiger partial charge on any atom is 0.126 e. The third-order valence-corrected chi connectivity index (χ3v) is 2.70. The molecule has 1 aromatic carbocycles. The smallest absolute Gasteiger partial charge is 0.126 e. The number of nitrogens with two attached hydrogens (primary N) is 2. The molecule has 0 radical (unpaired) electrons. The maximum atomic E-state index is 5.90. The molecule has 16 heavy (non-hydrogen) atoms. The van der Waals surface area contributed by atoms with Crippen LogP contribution in [0.3, 0.4) is 0 Å². The molecule has 0 unspecified atom stereocenters. The molecule has 5 heteroatoms. The molecule has 0 aliphatic heterocycles. The Morgan fingerprint density at radius 2 is 1.94 bits per heavy atom. The van der Waals surface area contributed by atoms with Gasteiger partial charge in [-0.1, -0.05) is 15.9 Å². The summed E-state index contributed by atoms with van der Waals surface area (Å²) in [4.78, 5) is 8.34. The number of nitrogen functional groups attached to an aromatic ring is 2. The Labute approximate surface area is 102 Å². The molecule has 2 aromatic rings. The summed E-state index contributed by atoms with van der Waals surface area (Å²) in [6, 6.07) is 5.59. The van der Waals surface area contributed by atoms with Crippen LogP contribution in [0.5, 0.6) is 0 Å². The highest BCUT2D eigenvalue weighted by Crippen LogP contribution is 2.30. The summed E-state index contributed by atoms with van der Waals surface area (Å²) in [5.74, 6) is 0.670. The van der Waals surface area contributed by atoms with E-state index in [1.54, 1.807) is 6.20 Å². The van der Waals surface area contributed by atoms with Crippen molar-refractivity contribution in [2.75, 3.05) is 11.5 Å². The average molecular weight is 279 g/mol. The lowest BCUT2D eigenvalue weighted by Crippen LogP contribution is -2.00. The fraction of sp³-hybridized carbons (Fsp3) is 0.0909. The van der Waals surface area contributed by atoms with Gasteiger partial charge in [-0.25, -0.2) is 9.97 Å². The zero-order valence-corrected chi connectivity index (χ0v) is 10.3. The molecule has 0 amide bonds. The standard InChI is InChI=1S/C11H11BrN4/c1-6-15-5-10(14)11(16-6)8-4-7(12)2-3-9(8)13/h2-5H,13-14H2,1H3.